The number of hydrogen-bond acceptors (Lipinski definition) is 3. The van der Waals surface area contributed by atoms with Crippen LogP contribution in [0.5, 0.6) is 0 Å². The van der Waals surface area contributed by atoms with Crippen LogP contribution in [-0.4, -0.2) is 31.2 Å². The Balaban J connectivity index is 2.21. The van der Waals surface area contributed by atoms with Gasteiger partial charge in [-0.05, 0) is 37.1 Å². The number of halogens is 1. The lowest BCUT2D eigenvalue weighted by Gasteiger charge is -2.24. The van der Waals surface area contributed by atoms with Gasteiger partial charge >= 0.3 is 0 Å². The van der Waals surface area contributed by atoms with E-state index in [0.29, 0.717) is 18.7 Å². The molecule has 1 fully saturated rings. The van der Waals surface area contributed by atoms with Crippen LogP contribution in [0.3, 0.4) is 0 Å². The summed E-state index contributed by atoms with van der Waals surface area (Å²) in [5, 5.41) is 11.8. The molecule has 1 aromatic rings. The van der Waals surface area contributed by atoms with Gasteiger partial charge in [0, 0.05) is 25.8 Å². The van der Waals surface area contributed by atoms with E-state index in [2.05, 4.69) is 5.32 Å². The standard InChI is InChI=1S/C14H19FN2O2/c1-14(13(19)16-2)3-4-17(9-14)12-6-10(8-18)5-11(15)7-12/h5-7,18H,3-4,8-9H2,1-2H3,(H,16,19). The van der Waals surface area contributed by atoms with Crippen molar-refractivity contribution < 1.29 is 14.3 Å². The largest absolute Gasteiger partial charge is 0.392 e. The molecule has 5 heteroatoms. The number of nitrogens with zero attached hydrogens (tertiary/aromatic N) is 1. The van der Waals surface area contributed by atoms with Crippen molar-refractivity contribution in [1.29, 1.82) is 0 Å². The number of aliphatic hydroxyl groups is 1. The van der Waals surface area contributed by atoms with Gasteiger partial charge in [-0.1, -0.05) is 0 Å². The van der Waals surface area contributed by atoms with E-state index < -0.39 is 5.41 Å². The molecule has 4 nitrogen and oxygen atoms in total. The van der Waals surface area contributed by atoms with Crippen molar-refractivity contribution in [2.24, 2.45) is 5.41 Å². The normalized spacial score (nSPS) is 22.6. The predicted octanol–water partition coefficient (Wildman–Crippen LogP) is 1.28. The van der Waals surface area contributed by atoms with Crippen molar-refractivity contribution in [2.75, 3.05) is 25.0 Å². The predicted molar refractivity (Wildman–Crippen MR) is 71.3 cm³/mol. The molecular formula is C14H19FN2O2. The smallest absolute Gasteiger partial charge is 0.227 e. The first kappa shape index (κ1) is 13.8. The average molecular weight is 266 g/mol. The van der Waals surface area contributed by atoms with Crippen molar-refractivity contribution in [1.82, 2.24) is 5.32 Å². The Labute approximate surface area is 112 Å². The lowest BCUT2D eigenvalue weighted by atomic mass is 9.89. The Kier molecular flexibility index (Phi) is 3.75. The van der Waals surface area contributed by atoms with Crippen LogP contribution in [0, 0.1) is 11.2 Å². The van der Waals surface area contributed by atoms with Crippen LogP contribution in [0.4, 0.5) is 10.1 Å². The molecule has 1 aromatic carbocycles. The number of rotatable bonds is 3. The van der Waals surface area contributed by atoms with E-state index in [-0.39, 0.29) is 18.3 Å². The lowest BCUT2D eigenvalue weighted by Crippen LogP contribution is -2.39. The highest BCUT2D eigenvalue weighted by Gasteiger charge is 2.39. The van der Waals surface area contributed by atoms with Gasteiger partial charge in [0.1, 0.15) is 5.82 Å². The van der Waals surface area contributed by atoms with E-state index in [1.165, 1.54) is 12.1 Å². The first-order chi connectivity index (χ1) is 8.98. The van der Waals surface area contributed by atoms with Crippen LogP contribution < -0.4 is 10.2 Å². The molecule has 1 heterocycles. The maximum Gasteiger partial charge on any atom is 0.227 e. The second-order valence-corrected chi connectivity index (χ2v) is 5.29. The molecule has 1 aliphatic rings. The summed E-state index contributed by atoms with van der Waals surface area (Å²) in [5.74, 6) is -0.358. The molecule has 1 amide bonds. The van der Waals surface area contributed by atoms with E-state index in [0.717, 1.165) is 12.1 Å². The highest BCUT2D eigenvalue weighted by Crippen LogP contribution is 2.34. The SMILES string of the molecule is CNC(=O)C1(C)CCN(c2cc(F)cc(CO)c2)C1. The van der Waals surface area contributed by atoms with Gasteiger partial charge in [0.05, 0.1) is 12.0 Å². The summed E-state index contributed by atoms with van der Waals surface area (Å²) in [5.41, 5.74) is 0.820. The number of carbonyl (C=O) groups is 1. The van der Waals surface area contributed by atoms with Gasteiger partial charge in [0.15, 0.2) is 0 Å². The Morgan fingerprint density at radius 1 is 1.53 bits per heavy atom. The molecule has 2 N–H and O–H groups in total. The van der Waals surface area contributed by atoms with Crippen LogP contribution in [0.1, 0.15) is 18.9 Å². The van der Waals surface area contributed by atoms with Crippen LogP contribution >= 0.6 is 0 Å². The molecular weight excluding hydrogens is 247 g/mol. The van der Waals surface area contributed by atoms with Gasteiger partial charge in [-0.2, -0.15) is 0 Å². The molecule has 104 valence electrons. The first-order valence-corrected chi connectivity index (χ1v) is 6.36. The number of carbonyl (C=O) groups excluding carboxylic acids is 1. The monoisotopic (exact) mass is 266 g/mol. The van der Waals surface area contributed by atoms with Gasteiger partial charge in [0.2, 0.25) is 5.91 Å². The summed E-state index contributed by atoms with van der Waals surface area (Å²) < 4.78 is 13.5. The summed E-state index contributed by atoms with van der Waals surface area (Å²) in [4.78, 5) is 13.8. The van der Waals surface area contributed by atoms with Gasteiger partial charge in [0.25, 0.3) is 0 Å². The molecule has 19 heavy (non-hydrogen) atoms. The highest BCUT2D eigenvalue weighted by molar-refractivity contribution is 5.83. The molecule has 0 aliphatic carbocycles. The Bertz CT molecular complexity index is 492. The van der Waals surface area contributed by atoms with Crippen molar-refractivity contribution in [3.63, 3.8) is 0 Å². The average Bonchev–Trinajstić information content (AvgIpc) is 2.81. The Hall–Kier alpha value is -1.62. The van der Waals surface area contributed by atoms with E-state index in [9.17, 15) is 9.18 Å². The molecule has 0 saturated carbocycles. The Morgan fingerprint density at radius 2 is 2.26 bits per heavy atom. The molecule has 1 saturated heterocycles. The van der Waals surface area contributed by atoms with E-state index >= 15 is 0 Å². The summed E-state index contributed by atoms with van der Waals surface area (Å²) in [7, 11) is 1.63. The van der Waals surface area contributed by atoms with E-state index in [1.54, 1.807) is 13.1 Å². The minimum absolute atomic E-state index is 0.00813. The van der Waals surface area contributed by atoms with Gasteiger partial charge < -0.3 is 15.3 Å². The third-order valence-electron chi connectivity index (χ3n) is 3.74. The molecule has 0 aromatic heterocycles. The molecule has 0 radical (unpaired) electrons. The number of amides is 1. The summed E-state index contributed by atoms with van der Waals surface area (Å²) in [6.07, 6.45) is 0.734. The van der Waals surface area contributed by atoms with Crippen molar-refractivity contribution in [3.8, 4) is 0 Å². The fraction of sp³-hybridized carbons (Fsp3) is 0.500. The third-order valence-corrected chi connectivity index (χ3v) is 3.74. The van der Waals surface area contributed by atoms with Crippen LogP contribution in [0.15, 0.2) is 18.2 Å². The minimum Gasteiger partial charge on any atom is -0.392 e. The van der Waals surface area contributed by atoms with Crippen LogP contribution in [-0.2, 0) is 11.4 Å². The van der Waals surface area contributed by atoms with Crippen molar-refractivity contribution in [3.05, 3.63) is 29.6 Å². The summed E-state index contributed by atoms with van der Waals surface area (Å²) in [6, 6.07) is 4.52. The second kappa shape index (κ2) is 5.17. The second-order valence-electron chi connectivity index (χ2n) is 5.29. The first-order valence-electron chi connectivity index (χ1n) is 6.36. The minimum atomic E-state index is -0.444. The fourth-order valence-corrected chi connectivity index (χ4v) is 2.58. The summed E-state index contributed by atoms with van der Waals surface area (Å²) in [6.45, 7) is 2.99. The molecule has 1 unspecified atom stereocenters. The zero-order valence-electron chi connectivity index (χ0n) is 11.2. The molecule has 0 spiro atoms. The van der Waals surface area contributed by atoms with Gasteiger partial charge in [-0.15, -0.1) is 0 Å². The van der Waals surface area contributed by atoms with Gasteiger partial charge in [-0.25, -0.2) is 4.39 Å². The zero-order valence-corrected chi connectivity index (χ0v) is 11.2. The van der Waals surface area contributed by atoms with Gasteiger partial charge in [-0.3, -0.25) is 4.79 Å². The number of hydrogen-bond donors (Lipinski definition) is 2. The van der Waals surface area contributed by atoms with E-state index in [4.69, 9.17) is 5.11 Å². The van der Waals surface area contributed by atoms with E-state index in [1.807, 2.05) is 11.8 Å². The molecule has 0 bridgehead atoms. The number of anilines is 1. The maximum absolute atomic E-state index is 13.5. The number of benzene rings is 1. The number of aliphatic hydroxyl groups excluding tert-OH is 1. The van der Waals surface area contributed by atoms with Crippen molar-refractivity contribution >= 4 is 11.6 Å². The zero-order chi connectivity index (χ0) is 14.0. The Morgan fingerprint density at radius 3 is 2.89 bits per heavy atom. The lowest BCUT2D eigenvalue weighted by molar-refractivity contribution is -0.128. The topological polar surface area (TPSA) is 52.6 Å². The van der Waals surface area contributed by atoms with Crippen LogP contribution in [0.2, 0.25) is 0 Å². The van der Waals surface area contributed by atoms with Crippen molar-refractivity contribution in [2.45, 2.75) is 20.0 Å². The van der Waals surface area contributed by atoms with Crippen LogP contribution in [0.25, 0.3) is 0 Å². The fourth-order valence-electron chi connectivity index (χ4n) is 2.58. The molecule has 1 atom stereocenters. The maximum atomic E-state index is 13.5. The highest BCUT2D eigenvalue weighted by atomic mass is 19.1. The molecule has 1 aliphatic heterocycles. The number of nitrogens with one attached hydrogen (secondary N) is 1. The quantitative estimate of drug-likeness (QED) is 0.866. The molecule has 2 rings (SSSR count). The summed E-state index contributed by atoms with van der Waals surface area (Å²) >= 11 is 0. The third kappa shape index (κ3) is 2.71.